The number of aliphatic hydroxyl groups is 1. The van der Waals surface area contributed by atoms with E-state index in [1.54, 1.807) is 13.2 Å². The first kappa shape index (κ1) is 10.8. The number of aliphatic hydroxyl groups excluding tert-OH is 1. The molecule has 0 aliphatic carbocycles. The third-order valence-corrected chi connectivity index (χ3v) is 1.86. The largest absolute Gasteiger partial charge is 0.497 e. The van der Waals surface area contributed by atoms with Crippen LogP contribution in [0.5, 0.6) is 5.75 Å². The maximum Gasteiger partial charge on any atom is 0.118 e. The minimum absolute atomic E-state index is 0.0351. The highest BCUT2D eigenvalue weighted by Gasteiger charge is 1.93. The van der Waals surface area contributed by atoms with Gasteiger partial charge in [0.05, 0.1) is 13.7 Å². The molecule has 1 unspecified atom stereocenters. The molecule has 1 aromatic carbocycles. The molecule has 3 heteroatoms. The van der Waals surface area contributed by atoms with Crippen LogP contribution < -0.4 is 10.5 Å². The number of ether oxygens (including phenoxy) is 1. The zero-order valence-corrected chi connectivity index (χ0v) is 8.18. The molecule has 76 valence electrons. The van der Waals surface area contributed by atoms with Gasteiger partial charge in [-0.25, -0.2) is 0 Å². The molecule has 3 nitrogen and oxygen atoms in total. The van der Waals surface area contributed by atoms with Crippen molar-refractivity contribution < 1.29 is 9.84 Å². The fourth-order valence-electron chi connectivity index (χ4n) is 1.01. The number of hydrogen-bond donors (Lipinski definition) is 2. The molecule has 0 amide bonds. The van der Waals surface area contributed by atoms with Gasteiger partial charge >= 0.3 is 0 Å². The van der Waals surface area contributed by atoms with E-state index >= 15 is 0 Å². The minimum Gasteiger partial charge on any atom is -0.497 e. The van der Waals surface area contributed by atoms with Gasteiger partial charge in [-0.05, 0) is 17.7 Å². The van der Waals surface area contributed by atoms with E-state index in [9.17, 15) is 0 Å². The predicted octanol–water partition coefficient (Wildman–Crippen LogP) is 1.03. The molecule has 1 atom stereocenters. The summed E-state index contributed by atoms with van der Waals surface area (Å²) >= 11 is 0. The summed E-state index contributed by atoms with van der Waals surface area (Å²) in [6, 6.07) is 7.32. The van der Waals surface area contributed by atoms with Gasteiger partial charge in [-0.1, -0.05) is 24.3 Å². The number of rotatable bonds is 4. The Labute approximate surface area is 83.8 Å². The molecular weight excluding hydrogens is 178 g/mol. The average Bonchev–Trinajstić information content (AvgIpc) is 2.26. The van der Waals surface area contributed by atoms with Crippen molar-refractivity contribution in [3.05, 3.63) is 35.9 Å². The van der Waals surface area contributed by atoms with Gasteiger partial charge in [0.2, 0.25) is 0 Å². The lowest BCUT2D eigenvalue weighted by Crippen LogP contribution is -2.20. The Morgan fingerprint density at radius 2 is 2.07 bits per heavy atom. The van der Waals surface area contributed by atoms with E-state index in [0.717, 1.165) is 11.3 Å². The van der Waals surface area contributed by atoms with E-state index in [1.807, 2.05) is 30.3 Å². The smallest absolute Gasteiger partial charge is 0.118 e. The van der Waals surface area contributed by atoms with Crippen molar-refractivity contribution in [1.82, 2.24) is 0 Å². The minimum atomic E-state index is -0.294. The monoisotopic (exact) mass is 193 g/mol. The number of nitrogens with two attached hydrogens (primary N) is 1. The van der Waals surface area contributed by atoms with Gasteiger partial charge in [-0.2, -0.15) is 0 Å². The summed E-state index contributed by atoms with van der Waals surface area (Å²) in [7, 11) is 1.63. The molecule has 3 N–H and O–H groups in total. The van der Waals surface area contributed by atoms with Crippen molar-refractivity contribution in [2.75, 3.05) is 13.7 Å². The molecular formula is C11H15NO2. The Bertz CT molecular complexity index is 293. The SMILES string of the molecule is COc1ccc(/C=C/C(N)CO)cc1. The van der Waals surface area contributed by atoms with Gasteiger partial charge in [-0.15, -0.1) is 0 Å². The van der Waals surface area contributed by atoms with Crippen LogP contribution in [0.1, 0.15) is 5.56 Å². The zero-order chi connectivity index (χ0) is 10.4. The lowest BCUT2D eigenvalue weighted by molar-refractivity contribution is 0.284. The van der Waals surface area contributed by atoms with Gasteiger partial charge in [0.1, 0.15) is 5.75 Å². The van der Waals surface area contributed by atoms with Gasteiger partial charge in [-0.3, -0.25) is 0 Å². The van der Waals surface area contributed by atoms with Crippen LogP contribution in [0.25, 0.3) is 6.08 Å². The highest BCUT2D eigenvalue weighted by atomic mass is 16.5. The second-order valence-corrected chi connectivity index (χ2v) is 2.98. The van der Waals surface area contributed by atoms with Crippen LogP contribution >= 0.6 is 0 Å². The van der Waals surface area contributed by atoms with E-state index in [-0.39, 0.29) is 12.6 Å². The fraction of sp³-hybridized carbons (Fsp3) is 0.273. The quantitative estimate of drug-likeness (QED) is 0.750. The van der Waals surface area contributed by atoms with E-state index in [1.165, 1.54) is 0 Å². The van der Waals surface area contributed by atoms with Crippen molar-refractivity contribution >= 4 is 6.08 Å². The Hall–Kier alpha value is -1.32. The zero-order valence-electron chi connectivity index (χ0n) is 8.18. The second-order valence-electron chi connectivity index (χ2n) is 2.98. The summed E-state index contributed by atoms with van der Waals surface area (Å²) in [5, 5.41) is 8.70. The van der Waals surface area contributed by atoms with Gasteiger partial charge in [0.25, 0.3) is 0 Å². The summed E-state index contributed by atoms with van der Waals surface area (Å²) in [6.45, 7) is -0.0351. The first-order chi connectivity index (χ1) is 6.76. The van der Waals surface area contributed by atoms with Gasteiger partial charge in [0.15, 0.2) is 0 Å². The predicted molar refractivity (Wildman–Crippen MR) is 57.1 cm³/mol. The molecule has 0 fully saturated rings. The van der Waals surface area contributed by atoms with Gasteiger partial charge in [0, 0.05) is 6.04 Å². The Balaban J connectivity index is 2.64. The maximum absolute atomic E-state index is 8.70. The van der Waals surface area contributed by atoms with E-state index in [0.29, 0.717) is 0 Å². The van der Waals surface area contributed by atoms with E-state index < -0.39 is 0 Å². The molecule has 0 saturated heterocycles. The summed E-state index contributed by atoms with van der Waals surface area (Å²) in [4.78, 5) is 0. The third-order valence-electron chi connectivity index (χ3n) is 1.86. The molecule has 0 aliphatic heterocycles. The van der Waals surface area contributed by atoms with Crippen molar-refractivity contribution in [2.24, 2.45) is 5.73 Å². The highest BCUT2D eigenvalue weighted by Crippen LogP contribution is 2.12. The Morgan fingerprint density at radius 1 is 1.43 bits per heavy atom. The molecule has 0 radical (unpaired) electrons. The highest BCUT2D eigenvalue weighted by molar-refractivity contribution is 5.51. The van der Waals surface area contributed by atoms with Gasteiger partial charge < -0.3 is 15.6 Å². The number of hydrogen-bond acceptors (Lipinski definition) is 3. The third kappa shape index (κ3) is 3.20. The molecule has 0 aromatic heterocycles. The molecule has 1 rings (SSSR count). The second kappa shape index (κ2) is 5.42. The molecule has 0 heterocycles. The Morgan fingerprint density at radius 3 is 2.57 bits per heavy atom. The van der Waals surface area contributed by atoms with Crippen LogP contribution in [0.15, 0.2) is 30.3 Å². The van der Waals surface area contributed by atoms with Crippen molar-refractivity contribution in [1.29, 1.82) is 0 Å². The number of methoxy groups -OCH3 is 1. The lowest BCUT2D eigenvalue weighted by atomic mass is 10.2. The fourth-order valence-corrected chi connectivity index (χ4v) is 1.01. The van der Waals surface area contributed by atoms with Crippen LogP contribution in [0.3, 0.4) is 0 Å². The Kier molecular flexibility index (Phi) is 4.16. The first-order valence-electron chi connectivity index (χ1n) is 4.45. The molecule has 14 heavy (non-hydrogen) atoms. The molecule has 1 aromatic rings. The summed E-state index contributed by atoms with van der Waals surface area (Å²) in [5.41, 5.74) is 6.55. The standard InChI is InChI=1S/C11H15NO2/c1-14-11-6-3-9(4-7-11)2-5-10(12)8-13/h2-7,10,13H,8,12H2,1H3/b5-2+. The van der Waals surface area contributed by atoms with Crippen LogP contribution in [0.4, 0.5) is 0 Å². The normalized spacial score (nSPS) is 13.1. The van der Waals surface area contributed by atoms with E-state index in [4.69, 9.17) is 15.6 Å². The van der Waals surface area contributed by atoms with E-state index in [2.05, 4.69) is 0 Å². The maximum atomic E-state index is 8.70. The topological polar surface area (TPSA) is 55.5 Å². The molecule has 0 bridgehead atoms. The molecule has 0 spiro atoms. The van der Waals surface area contributed by atoms with Crippen LogP contribution in [-0.2, 0) is 0 Å². The lowest BCUT2D eigenvalue weighted by Gasteiger charge is -2.01. The van der Waals surface area contributed by atoms with Crippen LogP contribution in [0.2, 0.25) is 0 Å². The average molecular weight is 193 g/mol. The van der Waals surface area contributed by atoms with Crippen molar-refractivity contribution in [3.63, 3.8) is 0 Å². The first-order valence-corrected chi connectivity index (χ1v) is 4.45. The van der Waals surface area contributed by atoms with Crippen LogP contribution in [0, 0.1) is 0 Å². The number of benzene rings is 1. The van der Waals surface area contributed by atoms with Crippen molar-refractivity contribution in [2.45, 2.75) is 6.04 Å². The molecule has 0 aliphatic rings. The summed E-state index contributed by atoms with van der Waals surface area (Å²) < 4.78 is 5.03. The summed E-state index contributed by atoms with van der Waals surface area (Å²) in [5.74, 6) is 0.827. The summed E-state index contributed by atoms with van der Waals surface area (Å²) in [6.07, 6.45) is 3.64. The molecule has 0 saturated carbocycles. The van der Waals surface area contributed by atoms with Crippen molar-refractivity contribution in [3.8, 4) is 5.75 Å². The van der Waals surface area contributed by atoms with Crippen LogP contribution in [-0.4, -0.2) is 24.9 Å².